The standard InChI is InChI=1S/C15H14ClNO2S/c16-11-13-6-2-4-8-15(13)20(18,19)17-10-9-12-5-1-3-7-14(12)17/h1-8H,9-11H2. The zero-order chi connectivity index (χ0) is 14.2. The molecule has 2 aromatic rings. The first-order chi connectivity index (χ1) is 9.64. The number of alkyl halides is 1. The van der Waals surface area contributed by atoms with Crippen LogP contribution in [0.1, 0.15) is 11.1 Å². The van der Waals surface area contributed by atoms with E-state index in [0.29, 0.717) is 17.0 Å². The number of hydrogen-bond donors (Lipinski definition) is 0. The number of halogens is 1. The molecule has 5 heteroatoms. The van der Waals surface area contributed by atoms with Crippen LogP contribution in [0.25, 0.3) is 0 Å². The molecule has 0 N–H and O–H groups in total. The highest BCUT2D eigenvalue weighted by Gasteiger charge is 2.31. The second-order valence-electron chi connectivity index (χ2n) is 4.70. The zero-order valence-electron chi connectivity index (χ0n) is 10.8. The largest absolute Gasteiger partial charge is 0.266 e. The molecule has 0 spiro atoms. The van der Waals surface area contributed by atoms with Crippen LogP contribution in [-0.2, 0) is 22.3 Å². The van der Waals surface area contributed by atoms with Crippen LogP contribution in [0.5, 0.6) is 0 Å². The second kappa shape index (κ2) is 5.11. The number of fused-ring (bicyclic) bond motifs is 1. The van der Waals surface area contributed by atoms with Crippen molar-refractivity contribution >= 4 is 27.3 Å². The van der Waals surface area contributed by atoms with E-state index in [1.165, 1.54) is 4.31 Å². The lowest BCUT2D eigenvalue weighted by Gasteiger charge is -2.21. The molecule has 2 aromatic carbocycles. The maximum Gasteiger partial charge on any atom is 0.264 e. The van der Waals surface area contributed by atoms with E-state index in [4.69, 9.17) is 11.6 Å². The average Bonchev–Trinajstić information content (AvgIpc) is 2.92. The minimum Gasteiger partial charge on any atom is -0.266 e. The van der Waals surface area contributed by atoms with E-state index < -0.39 is 10.0 Å². The molecule has 20 heavy (non-hydrogen) atoms. The van der Waals surface area contributed by atoms with Crippen LogP contribution >= 0.6 is 11.6 Å². The summed E-state index contributed by atoms with van der Waals surface area (Å²) in [7, 11) is -3.55. The first-order valence-corrected chi connectivity index (χ1v) is 8.36. The molecule has 0 aliphatic carbocycles. The Morgan fingerprint density at radius 1 is 1.05 bits per heavy atom. The van der Waals surface area contributed by atoms with Gasteiger partial charge in [-0.05, 0) is 29.7 Å². The first-order valence-electron chi connectivity index (χ1n) is 6.39. The van der Waals surface area contributed by atoms with Gasteiger partial charge in [0.2, 0.25) is 0 Å². The molecule has 0 bridgehead atoms. The van der Waals surface area contributed by atoms with Crippen molar-refractivity contribution in [3.8, 4) is 0 Å². The van der Waals surface area contributed by atoms with Crippen LogP contribution in [0.15, 0.2) is 53.4 Å². The summed E-state index contributed by atoms with van der Waals surface area (Å²) in [6, 6.07) is 14.5. The molecule has 1 aliphatic rings. The molecule has 3 nitrogen and oxygen atoms in total. The molecule has 0 amide bonds. The smallest absolute Gasteiger partial charge is 0.264 e. The molecule has 104 valence electrons. The molecule has 0 atom stereocenters. The van der Waals surface area contributed by atoms with Crippen molar-refractivity contribution in [3.05, 3.63) is 59.7 Å². The Balaban J connectivity index is 2.10. The average molecular weight is 308 g/mol. The van der Waals surface area contributed by atoms with Crippen molar-refractivity contribution < 1.29 is 8.42 Å². The van der Waals surface area contributed by atoms with Gasteiger partial charge in [0, 0.05) is 12.4 Å². The third-order valence-electron chi connectivity index (χ3n) is 3.53. The number of sulfonamides is 1. The van der Waals surface area contributed by atoms with Gasteiger partial charge in [-0.2, -0.15) is 0 Å². The van der Waals surface area contributed by atoms with Crippen LogP contribution in [-0.4, -0.2) is 15.0 Å². The lowest BCUT2D eigenvalue weighted by Crippen LogP contribution is -2.29. The number of para-hydroxylation sites is 1. The molecule has 0 saturated heterocycles. The van der Waals surface area contributed by atoms with Gasteiger partial charge in [-0.3, -0.25) is 4.31 Å². The topological polar surface area (TPSA) is 37.4 Å². The summed E-state index contributed by atoms with van der Waals surface area (Å²) < 4.78 is 27.2. The maximum absolute atomic E-state index is 12.8. The van der Waals surface area contributed by atoms with Crippen molar-refractivity contribution in [2.75, 3.05) is 10.8 Å². The predicted octanol–water partition coefficient (Wildman–Crippen LogP) is 3.18. The van der Waals surface area contributed by atoms with E-state index >= 15 is 0 Å². The third kappa shape index (κ3) is 2.09. The van der Waals surface area contributed by atoms with Gasteiger partial charge in [0.15, 0.2) is 0 Å². The molecule has 0 aromatic heterocycles. The molecule has 0 unspecified atom stereocenters. The van der Waals surface area contributed by atoms with E-state index in [1.807, 2.05) is 24.3 Å². The summed E-state index contributed by atoms with van der Waals surface area (Å²) in [5.74, 6) is 0.185. The fourth-order valence-electron chi connectivity index (χ4n) is 2.54. The van der Waals surface area contributed by atoms with Crippen LogP contribution in [0.2, 0.25) is 0 Å². The molecule has 0 saturated carbocycles. The normalized spacial score (nSPS) is 14.3. The number of nitrogens with zero attached hydrogens (tertiary/aromatic N) is 1. The lowest BCUT2D eigenvalue weighted by atomic mass is 10.2. The number of hydrogen-bond acceptors (Lipinski definition) is 2. The summed E-state index contributed by atoms with van der Waals surface area (Å²) in [4.78, 5) is 0.298. The summed E-state index contributed by atoms with van der Waals surface area (Å²) in [5, 5.41) is 0. The van der Waals surface area contributed by atoms with Gasteiger partial charge in [-0.25, -0.2) is 8.42 Å². The third-order valence-corrected chi connectivity index (χ3v) is 5.73. The van der Waals surface area contributed by atoms with Crippen LogP contribution < -0.4 is 4.31 Å². The van der Waals surface area contributed by atoms with Gasteiger partial charge >= 0.3 is 0 Å². The molecule has 0 radical (unpaired) electrons. The van der Waals surface area contributed by atoms with Gasteiger partial charge in [0.05, 0.1) is 10.6 Å². The zero-order valence-corrected chi connectivity index (χ0v) is 12.4. The molecular formula is C15H14ClNO2S. The maximum atomic E-state index is 12.8. The van der Waals surface area contributed by atoms with E-state index in [0.717, 1.165) is 17.7 Å². The minimum absolute atomic E-state index is 0.185. The number of rotatable bonds is 3. The van der Waals surface area contributed by atoms with Crippen molar-refractivity contribution in [2.45, 2.75) is 17.2 Å². The van der Waals surface area contributed by atoms with Gasteiger partial charge in [-0.1, -0.05) is 36.4 Å². The lowest BCUT2D eigenvalue weighted by molar-refractivity contribution is 0.591. The van der Waals surface area contributed by atoms with Crippen molar-refractivity contribution in [3.63, 3.8) is 0 Å². The second-order valence-corrected chi connectivity index (χ2v) is 6.80. The van der Waals surface area contributed by atoms with E-state index in [2.05, 4.69) is 0 Å². The predicted molar refractivity (Wildman–Crippen MR) is 80.7 cm³/mol. The Morgan fingerprint density at radius 3 is 2.55 bits per heavy atom. The molecular weight excluding hydrogens is 294 g/mol. The Kier molecular flexibility index (Phi) is 3.44. The summed E-state index contributed by atoms with van der Waals surface area (Å²) in [6.45, 7) is 0.484. The van der Waals surface area contributed by atoms with E-state index in [-0.39, 0.29) is 5.88 Å². The summed E-state index contributed by atoms with van der Waals surface area (Å²) >= 11 is 5.86. The molecule has 3 rings (SSSR count). The Labute approximate surface area is 123 Å². The molecule has 1 aliphatic heterocycles. The summed E-state index contributed by atoms with van der Waals surface area (Å²) in [6.07, 6.45) is 0.748. The van der Waals surface area contributed by atoms with Gasteiger partial charge in [0.25, 0.3) is 10.0 Å². The van der Waals surface area contributed by atoms with Crippen LogP contribution in [0.3, 0.4) is 0 Å². The number of anilines is 1. The highest BCUT2D eigenvalue weighted by atomic mass is 35.5. The Morgan fingerprint density at radius 2 is 1.75 bits per heavy atom. The fraction of sp³-hybridized carbons (Fsp3) is 0.200. The van der Waals surface area contributed by atoms with Gasteiger partial charge in [-0.15, -0.1) is 11.6 Å². The molecule has 1 heterocycles. The number of benzene rings is 2. The molecule has 0 fully saturated rings. The quantitative estimate of drug-likeness (QED) is 0.817. The Bertz CT molecular complexity index is 743. The van der Waals surface area contributed by atoms with Crippen molar-refractivity contribution in [1.29, 1.82) is 0 Å². The van der Waals surface area contributed by atoms with E-state index in [9.17, 15) is 8.42 Å². The minimum atomic E-state index is -3.55. The van der Waals surface area contributed by atoms with E-state index in [1.54, 1.807) is 24.3 Å². The SMILES string of the molecule is O=S(=O)(c1ccccc1CCl)N1CCc2ccccc21. The Hall–Kier alpha value is -1.52. The van der Waals surface area contributed by atoms with Gasteiger partial charge < -0.3 is 0 Å². The van der Waals surface area contributed by atoms with Crippen molar-refractivity contribution in [2.24, 2.45) is 0 Å². The van der Waals surface area contributed by atoms with Crippen LogP contribution in [0.4, 0.5) is 5.69 Å². The fourth-order valence-corrected chi connectivity index (χ4v) is 4.58. The monoisotopic (exact) mass is 307 g/mol. The summed E-state index contributed by atoms with van der Waals surface area (Å²) in [5.41, 5.74) is 2.48. The highest BCUT2D eigenvalue weighted by Crippen LogP contribution is 2.33. The van der Waals surface area contributed by atoms with Crippen molar-refractivity contribution in [1.82, 2.24) is 0 Å². The van der Waals surface area contributed by atoms with Gasteiger partial charge in [0.1, 0.15) is 0 Å². The first kappa shape index (κ1) is 13.5. The highest BCUT2D eigenvalue weighted by molar-refractivity contribution is 7.93. The van der Waals surface area contributed by atoms with Crippen LogP contribution in [0, 0.1) is 0 Å².